The van der Waals surface area contributed by atoms with Gasteiger partial charge < -0.3 is 11.1 Å². The number of nitrogen functional groups attached to an aromatic ring is 1. The van der Waals surface area contributed by atoms with Gasteiger partial charge >= 0.3 is 0 Å². The van der Waals surface area contributed by atoms with Crippen molar-refractivity contribution < 1.29 is 13.6 Å². The van der Waals surface area contributed by atoms with E-state index >= 15 is 0 Å². The van der Waals surface area contributed by atoms with Gasteiger partial charge in [-0.05, 0) is 24.8 Å². The van der Waals surface area contributed by atoms with Gasteiger partial charge in [0.15, 0.2) is 5.82 Å². The Balaban J connectivity index is 2.78. The molecule has 1 rings (SSSR count). The summed E-state index contributed by atoms with van der Waals surface area (Å²) in [6, 6.07) is 1.58. The highest BCUT2D eigenvalue weighted by Gasteiger charge is 2.17. The predicted molar refractivity (Wildman–Crippen MR) is 70.7 cm³/mol. The van der Waals surface area contributed by atoms with Crippen LogP contribution in [0.4, 0.5) is 14.5 Å². The van der Waals surface area contributed by atoms with Gasteiger partial charge in [0.2, 0.25) is 0 Å². The molecule has 0 saturated heterocycles. The van der Waals surface area contributed by atoms with Crippen LogP contribution in [0.1, 0.15) is 24.2 Å². The Kier molecular flexibility index (Phi) is 5.40. The van der Waals surface area contributed by atoms with E-state index < -0.39 is 17.5 Å². The topological polar surface area (TPSA) is 55.1 Å². The molecule has 3 nitrogen and oxygen atoms in total. The molecule has 1 unspecified atom stereocenters. The zero-order chi connectivity index (χ0) is 13.7. The number of thioether (sulfide) groups is 1. The average molecular weight is 274 g/mol. The number of rotatable bonds is 5. The van der Waals surface area contributed by atoms with Gasteiger partial charge in [-0.25, -0.2) is 8.78 Å². The fourth-order valence-corrected chi connectivity index (χ4v) is 2.09. The van der Waals surface area contributed by atoms with Crippen molar-refractivity contribution in [2.75, 3.05) is 17.2 Å². The van der Waals surface area contributed by atoms with Gasteiger partial charge in [-0.2, -0.15) is 11.8 Å². The van der Waals surface area contributed by atoms with Crippen molar-refractivity contribution in [2.45, 2.75) is 19.9 Å². The van der Waals surface area contributed by atoms with Gasteiger partial charge in [-0.1, -0.05) is 6.92 Å². The number of amides is 1. The van der Waals surface area contributed by atoms with Crippen LogP contribution >= 0.6 is 11.8 Å². The van der Waals surface area contributed by atoms with Crippen molar-refractivity contribution in [3.8, 4) is 0 Å². The Morgan fingerprint density at radius 1 is 1.50 bits per heavy atom. The molecule has 1 amide bonds. The number of nitrogens with one attached hydrogen (secondary N) is 1. The van der Waals surface area contributed by atoms with E-state index in [1.165, 1.54) is 0 Å². The SMILES string of the molecule is CCSCC(C)NC(=O)c1cc(F)cc(N)c1F. The predicted octanol–water partition coefficient (Wildman–Crippen LogP) is 2.42. The van der Waals surface area contributed by atoms with Crippen molar-refractivity contribution in [1.29, 1.82) is 0 Å². The molecule has 6 heteroatoms. The third-order valence-electron chi connectivity index (χ3n) is 2.26. The first kappa shape index (κ1) is 14.8. The molecule has 0 aliphatic heterocycles. The zero-order valence-corrected chi connectivity index (χ0v) is 11.1. The van der Waals surface area contributed by atoms with Crippen LogP contribution in [0.15, 0.2) is 12.1 Å². The Morgan fingerprint density at radius 3 is 2.78 bits per heavy atom. The van der Waals surface area contributed by atoms with Crippen molar-refractivity contribution in [2.24, 2.45) is 0 Å². The van der Waals surface area contributed by atoms with Crippen molar-refractivity contribution in [1.82, 2.24) is 5.32 Å². The third-order valence-corrected chi connectivity index (χ3v) is 3.40. The Labute approximate surface area is 109 Å². The van der Waals surface area contributed by atoms with Crippen molar-refractivity contribution in [3.05, 3.63) is 29.3 Å². The number of benzene rings is 1. The molecule has 0 aliphatic rings. The normalized spacial score (nSPS) is 12.2. The second-order valence-electron chi connectivity index (χ2n) is 3.89. The average Bonchev–Trinajstić information content (AvgIpc) is 2.30. The Bertz CT molecular complexity index is 440. The highest BCUT2D eigenvalue weighted by Crippen LogP contribution is 2.17. The molecule has 0 radical (unpaired) electrons. The Morgan fingerprint density at radius 2 is 2.17 bits per heavy atom. The van der Waals surface area contributed by atoms with Crippen LogP contribution in [0.3, 0.4) is 0 Å². The minimum atomic E-state index is -0.885. The van der Waals surface area contributed by atoms with Gasteiger partial charge in [-0.15, -0.1) is 0 Å². The summed E-state index contributed by atoms with van der Waals surface area (Å²) in [5.41, 5.74) is 4.55. The van der Waals surface area contributed by atoms with Crippen LogP contribution < -0.4 is 11.1 Å². The minimum Gasteiger partial charge on any atom is -0.396 e. The summed E-state index contributed by atoms with van der Waals surface area (Å²) >= 11 is 1.66. The van der Waals surface area contributed by atoms with E-state index in [0.29, 0.717) is 5.75 Å². The first-order chi connectivity index (χ1) is 8.45. The van der Waals surface area contributed by atoms with E-state index in [9.17, 15) is 13.6 Å². The smallest absolute Gasteiger partial charge is 0.254 e. The van der Waals surface area contributed by atoms with E-state index in [4.69, 9.17) is 5.73 Å². The first-order valence-corrected chi connectivity index (χ1v) is 6.74. The molecule has 100 valence electrons. The number of hydrogen-bond donors (Lipinski definition) is 2. The summed E-state index contributed by atoms with van der Waals surface area (Å²) in [5.74, 6) is -0.613. The second kappa shape index (κ2) is 6.58. The molecule has 0 saturated carbocycles. The summed E-state index contributed by atoms with van der Waals surface area (Å²) in [7, 11) is 0. The second-order valence-corrected chi connectivity index (χ2v) is 5.21. The van der Waals surface area contributed by atoms with E-state index in [0.717, 1.165) is 17.9 Å². The number of carbonyl (C=O) groups is 1. The molecular weight excluding hydrogens is 258 g/mol. The van der Waals surface area contributed by atoms with E-state index in [1.807, 2.05) is 6.92 Å². The fraction of sp³-hybridized carbons (Fsp3) is 0.417. The molecule has 0 fully saturated rings. The van der Waals surface area contributed by atoms with Crippen LogP contribution in [0, 0.1) is 11.6 Å². The molecule has 0 aliphatic carbocycles. The molecule has 3 N–H and O–H groups in total. The molecule has 1 aromatic carbocycles. The van der Waals surface area contributed by atoms with E-state index in [2.05, 4.69) is 5.32 Å². The van der Waals surface area contributed by atoms with E-state index in [1.54, 1.807) is 18.7 Å². The van der Waals surface area contributed by atoms with Crippen LogP contribution in [0.25, 0.3) is 0 Å². The Hall–Kier alpha value is -1.30. The lowest BCUT2D eigenvalue weighted by Gasteiger charge is -2.14. The number of anilines is 1. The van der Waals surface area contributed by atoms with Gasteiger partial charge in [-0.3, -0.25) is 4.79 Å². The zero-order valence-electron chi connectivity index (χ0n) is 10.3. The maximum atomic E-state index is 13.6. The maximum Gasteiger partial charge on any atom is 0.254 e. The van der Waals surface area contributed by atoms with Gasteiger partial charge in [0.25, 0.3) is 5.91 Å². The molecule has 0 aromatic heterocycles. The lowest BCUT2D eigenvalue weighted by molar-refractivity contribution is 0.0939. The summed E-state index contributed by atoms with van der Waals surface area (Å²) in [4.78, 5) is 11.8. The van der Waals surface area contributed by atoms with Crippen LogP contribution in [-0.2, 0) is 0 Å². The van der Waals surface area contributed by atoms with Gasteiger partial charge in [0, 0.05) is 11.8 Å². The molecule has 1 aromatic rings. The summed E-state index contributed by atoms with van der Waals surface area (Å²) in [5, 5.41) is 2.60. The molecular formula is C12H16F2N2OS. The van der Waals surface area contributed by atoms with Gasteiger partial charge in [0.1, 0.15) is 5.82 Å². The highest BCUT2D eigenvalue weighted by molar-refractivity contribution is 7.99. The monoisotopic (exact) mass is 274 g/mol. The van der Waals surface area contributed by atoms with E-state index in [-0.39, 0.29) is 17.3 Å². The molecule has 0 heterocycles. The lowest BCUT2D eigenvalue weighted by atomic mass is 10.1. The van der Waals surface area contributed by atoms with Crippen LogP contribution in [-0.4, -0.2) is 23.5 Å². The number of nitrogens with two attached hydrogens (primary N) is 1. The highest BCUT2D eigenvalue weighted by atomic mass is 32.2. The standard InChI is InChI=1S/C12H16F2N2OS/c1-3-18-6-7(2)16-12(17)9-4-8(13)5-10(15)11(9)14/h4-5,7H,3,6,15H2,1-2H3,(H,16,17). The van der Waals surface area contributed by atoms with Crippen LogP contribution in [0.5, 0.6) is 0 Å². The van der Waals surface area contributed by atoms with Crippen LogP contribution in [0.2, 0.25) is 0 Å². The minimum absolute atomic E-state index is 0.119. The molecule has 18 heavy (non-hydrogen) atoms. The number of halogens is 2. The molecule has 0 spiro atoms. The van der Waals surface area contributed by atoms with Crippen molar-refractivity contribution >= 4 is 23.4 Å². The maximum absolute atomic E-state index is 13.6. The number of hydrogen-bond acceptors (Lipinski definition) is 3. The quantitative estimate of drug-likeness (QED) is 0.811. The molecule has 0 bridgehead atoms. The number of carbonyl (C=O) groups excluding carboxylic acids is 1. The summed E-state index contributed by atoms with van der Waals surface area (Å²) < 4.78 is 26.7. The fourth-order valence-electron chi connectivity index (χ4n) is 1.41. The molecule has 1 atom stereocenters. The third kappa shape index (κ3) is 3.87. The summed E-state index contributed by atoms with van der Waals surface area (Å²) in [6.45, 7) is 3.81. The van der Waals surface area contributed by atoms with Crippen molar-refractivity contribution in [3.63, 3.8) is 0 Å². The largest absolute Gasteiger partial charge is 0.396 e. The lowest BCUT2D eigenvalue weighted by Crippen LogP contribution is -2.35. The summed E-state index contributed by atoms with van der Waals surface area (Å²) in [6.07, 6.45) is 0. The van der Waals surface area contributed by atoms with Gasteiger partial charge in [0.05, 0.1) is 11.3 Å². The first-order valence-electron chi connectivity index (χ1n) is 5.58.